The van der Waals surface area contributed by atoms with Gasteiger partial charge in [0.1, 0.15) is 0 Å². The molecule has 3 heteroatoms. The van der Waals surface area contributed by atoms with Crippen LogP contribution in [0.4, 0.5) is 0 Å². The van der Waals surface area contributed by atoms with Gasteiger partial charge in [-0.1, -0.05) is 13.8 Å². The third-order valence-electron chi connectivity index (χ3n) is 2.54. The molecule has 1 aromatic heterocycles. The second-order valence-corrected chi connectivity index (χ2v) is 3.27. The molecule has 1 aromatic rings. The second kappa shape index (κ2) is 3.27. The molecule has 0 saturated carbocycles. The first-order valence-electron chi connectivity index (χ1n) is 4.40. The summed E-state index contributed by atoms with van der Waals surface area (Å²) in [6, 6.07) is 0. The number of rotatable bonds is 3. The van der Waals surface area contributed by atoms with Gasteiger partial charge in [0.2, 0.25) is 0 Å². The lowest BCUT2D eigenvalue weighted by Crippen LogP contribution is -2.34. The number of nitrogens with zero attached hydrogens (tertiary/aromatic N) is 2. The van der Waals surface area contributed by atoms with E-state index in [1.54, 1.807) is 4.68 Å². The number of hydrogen-bond acceptors (Lipinski definition) is 2. The lowest BCUT2D eigenvalue weighted by molar-refractivity contribution is 0.412. The first-order chi connectivity index (χ1) is 5.62. The van der Waals surface area contributed by atoms with Crippen LogP contribution in [0, 0.1) is 0 Å². The predicted molar refractivity (Wildman–Crippen MR) is 49.7 cm³/mol. The Morgan fingerprint density at radius 3 is 2.42 bits per heavy atom. The smallest absolute Gasteiger partial charge is 0.0540 e. The largest absolute Gasteiger partial charge is 0.321 e. The van der Waals surface area contributed by atoms with Crippen LogP contribution >= 0.6 is 0 Å². The van der Waals surface area contributed by atoms with Crippen LogP contribution in [0.25, 0.3) is 0 Å². The van der Waals surface area contributed by atoms with Gasteiger partial charge in [-0.3, -0.25) is 4.68 Å². The molecule has 0 atom stereocenters. The molecule has 0 spiro atoms. The summed E-state index contributed by atoms with van der Waals surface area (Å²) < 4.78 is 1.79. The number of aryl methyl sites for hydroxylation is 1. The summed E-state index contributed by atoms with van der Waals surface area (Å²) >= 11 is 0. The van der Waals surface area contributed by atoms with Crippen molar-refractivity contribution >= 4 is 0 Å². The Bertz CT molecular complexity index is 248. The molecule has 0 aromatic carbocycles. The van der Waals surface area contributed by atoms with Crippen LogP contribution in [-0.4, -0.2) is 9.78 Å². The Kier molecular flexibility index (Phi) is 2.52. The van der Waals surface area contributed by atoms with Crippen molar-refractivity contribution in [1.29, 1.82) is 0 Å². The molecular weight excluding hydrogens is 150 g/mol. The number of hydrogen-bond donors (Lipinski definition) is 1. The van der Waals surface area contributed by atoms with Crippen molar-refractivity contribution in [1.82, 2.24) is 9.78 Å². The molecule has 3 nitrogen and oxygen atoms in total. The molecule has 0 unspecified atom stereocenters. The summed E-state index contributed by atoms with van der Waals surface area (Å²) in [6.45, 7) is 4.22. The minimum atomic E-state index is -0.186. The molecule has 68 valence electrons. The van der Waals surface area contributed by atoms with Gasteiger partial charge in [0.05, 0.1) is 6.20 Å². The first kappa shape index (κ1) is 9.26. The lowest BCUT2D eigenvalue weighted by Gasteiger charge is -2.24. The normalized spacial score (nSPS) is 12.0. The molecule has 0 fully saturated rings. The van der Waals surface area contributed by atoms with E-state index in [9.17, 15) is 0 Å². The number of nitrogens with two attached hydrogens (primary N) is 1. The summed E-state index contributed by atoms with van der Waals surface area (Å²) in [7, 11) is 1.91. The maximum absolute atomic E-state index is 6.18. The second-order valence-electron chi connectivity index (χ2n) is 3.27. The Hall–Kier alpha value is -0.830. The highest BCUT2D eigenvalue weighted by atomic mass is 15.2. The summed E-state index contributed by atoms with van der Waals surface area (Å²) in [5, 5.41) is 4.12. The van der Waals surface area contributed by atoms with Crippen LogP contribution in [0.3, 0.4) is 0 Å². The van der Waals surface area contributed by atoms with E-state index >= 15 is 0 Å². The van der Waals surface area contributed by atoms with E-state index in [0.29, 0.717) is 0 Å². The Labute approximate surface area is 73.6 Å². The maximum Gasteiger partial charge on any atom is 0.0540 e. The van der Waals surface area contributed by atoms with Gasteiger partial charge in [0, 0.05) is 24.3 Å². The van der Waals surface area contributed by atoms with E-state index in [2.05, 4.69) is 18.9 Å². The van der Waals surface area contributed by atoms with E-state index in [1.165, 1.54) is 0 Å². The average Bonchev–Trinajstić information content (AvgIpc) is 2.51. The Morgan fingerprint density at radius 2 is 2.08 bits per heavy atom. The van der Waals surface area contributed by atoms with Crippen molar-refractivity contribution in [3.05, 3.63) is 18.0 Å². The third-order valence-corrected chi connectivity index (χ3v) is 2.54. The molecule has 12 heavy (non-hydrogen) atoms. The standard InChI is InChI=1S/C9H17N3/c1-4-9(10,5-2)8-6-11-12(3)7-8/h6-7H,4-5,10H2,1-3H3. The van der Waals surface area contributed by atoms with Crippen molar-refractivity contribution in [2.24, 2.45) is 12.8 Å². The molecular formula is C9H17N3. The SMILES string of the molecule is CCC(N)(CC)c1cnn(C)c1. The topological polar surface area (TPSA) is 43.8 Å². The Balaban J connectivity index is 2.94. The first-order valence-corrected chi connectivity index (χ1v) is 4.40. The van der Waals surface area contributed by atoms with Crippen LogP contribution in [0.15, 0.2) is 12.4 Å². The van der Waals surface area contributed by atoms with Gasteiger partial charge >= 0.3 is 0 Å². The molecule has 1 heterocycles. The maximum atomic E-state index is 6.18. The lowest BCUT2D eigenvalue weighted by atomic mass is 9.88. The van der Waals surface area contributed by atoms with Crippen molar-refractivity contribution in [3.63, 3.8) is 0 Å². The predicted octanol–water partition coefficient (Wildman–Crippen LogP) is 1.39. The van der Waals surface area contributed by atoms with Crippen LogP contribution < -0.4 is 5.73 Å². The molecule has 0 radical (unpaired) electrons. The zero-order valence-corrected chi connectivity index (χ0v) is 8.04. The van der Waals surface area contributed by atoms with Crippen molar-refractivity contribution in [2.75, 3.05) is 0 Å². The van der Waals surface area contributed by atoms with Crippen LogP contribution in [-0.2, 0) is 12.6 Å². The Morgan fingerprint density at radius 1 is 1.50 bits per heavy atom. The van der Waals surface area contributed by atoms with Gasteiger partial charge < -0.3 is 5.73 Å². The van der Waals surface area contributed by atoms with Gasteiger partial charge in [-0.15, -0.1) is 0 Å². The summed E-state index contributed by atoms with van der Waals surface area (Å²) in [6.07, 6.45) is 5.75. The van der Waals surface area contributed by atoms with E-state index in [0.717, 1.165) is 18.4 Å². The van der Waals surface area contributed by atoms with Gasteiger partial charge in [-0.25, -0.2) is 0 Å². The molecule has 0 aliphatic rings. The van der Waals surface area contributed by atoms with Crippen molar-refractivity contribution in [2.45, 2.75) is 32.2 Å². The molecule has 0 bridgehead atoms. The van der Waals surface area contributed by atoms with Gasteiger partial charge in [-0.05, 0) is 12.8 Å². The van der Waals surface area contributed by atoms with E-state index in [4.69, 9.17) is 5.73 Å². The van der Waals surface area contributed by atoms with E-state index in [-0.39, 0.29) is 5.54 Å². The minimum Gasteiger partial charge on any atom is -0.321 e. The average molecular weight is 167 g/mol. The molecule has 2 N–H and O–H groups in total. The summed E-state index contributed by atoms with van der Waals surface area (Å²) in [5.74, 6) is 0. The highest BCUT2D eigenvalue weighted by Gasteiger charge is 2.23. The van der Waals surface area contributed by atoms with Crippen molar-refractivity contribution < 1.29 is 0 Å². The molecule has 0 aliphatic carbocycles. The monoisotopic (exact) mass is 167 g/mol. The van der Waals surface area contributed by atoms with Gasteiger partial charge in [0.25, 0.3) is 0 Å². The quantitative estimate of drug-likeness (QED) is 0.739. The summed E-state index contributed by atoms with van der Waals surface area (Å²) in [5.41, 5.74) is 7.13. The van der Waals surface area contributed by atoms with Gasteiger partial charge in [-0.2, -0.15) is 5.10 Å². The van der Waals surface area contributed by atoms with Gasteiger partial charge in [0.15, 0.2) is 0 Å². The van der Waals surface area contributed by atoms with E-state index < -0.39 is 0 Å². The zero-order chi connectivity index (χ0) is 9.19. The highest BCUT2D eigenvalue weighted by molar-refractivity contribution is 5.16. The fourth-order valence-corrected chi connectivity index (χ4v) is 1.34. The van der Waals surface area contributed by atoms with E-state index in [1.807, 2.05) is 19.4 Å². The summed E-state index contributed by atoms with van der Waals surface area (Å²) in [4.78, 5) is 0. The van der Waals surface area contributed by atoms with Crippen LogP contribution in [0.5, 0.6) is 0 Å². The van der Waals surface area contributed by atoms with Crippen molar-refractivity contribution in [3.8, 4) is 0 Å². The fraction of sp³-hybridized carbons (Fsp3) is 0.667. The number of aromatic nitrogens is 2. The fourth-order valence-electron chi connectivity index (χ4n) is 1.34. The molecule has 0 aliphatic heterocycles. The third kappa shape index (κ3) is 1.50. The molecule has 0 saturated heterocycles. The zero-order valence-electron chi connectivity index (χ0n) is 8.04. The molecule has 0 amide bonds. The van der Waals surface area contributed by atoms with Crippen LogP contribution in [0.2, 0.25) is 0 Å². The minimum absolute atomic E-state index is 0.186. The molecule has 1 rings (SSSR count). The van der Waals surface area contributed by atoms with Crippen LogP contribution in [0.1, 0.15) is 32.3 Å². The highest BCUT2D eigenvalue weighted by Crippen LogP contribution is 2.24.